The second-order valence-electron chi connectivity index (χ2n) is 7.48. The smallest absolute Gasteiger partial charge is 0.328 e. The van der Waals surface area contributed by atoms with E-state index in [2.05, 4.69) is 34.6 Å². The standard InChI is InChI=1S/C20H27N3O3/c1-15(2)23-12-17(18(24)22-19(23)25)11-21-13-20(8-9-26-14-20)10-16-6-4-3-5-7-16/h3-7,12,15,21H,8-11,13-14H2,1-2H3,(H,22,24,25). The van der Waals surface area contributed by atoms with Gasteiger partial charge in [-0.1, -0.05) is 30.3 Å². The lowest BCUT2D eigenvalue weighted by molar-refractivity contribution is 0.149. The molecule has 0 saturated carbocycles. The molecule has 2 N–H and O–H groups in total. The van der Waals surface area contributed by atoms with Crippen LogP contribution in [0.1, 0.15) is 37.4 Å². The van der Waals surface area contributed by atoms with Crippen LogP contribution in [0.25, 0.3) is 0 Å². The summed E-state index contributed by atoms with van der Waals surface area (Å²) in [5.74, 6) is 0. The molecular formula is C20H27N3O3. The second-order valence-corrected chi connectivity index (χ2v) is 7.48. The number of aromatic nitrogens is 2. The Labute approximate surface area is 153 Å². The zero-order chi connectivity index (χ0) is 18.6. The number of hydrogen-bond donors (Lipinski definition) is 2. The fraction of sp³-hybridized carbons (Fsp3) is 0.500. The van der Waals surface area contributed by atoms with E-state index < -0.39 is 0 Å². The molecule has 1 aromatic heterocycles. The van der Waals surface area contributed by atoms with Crippen LogP contribution in [-0.2, 0) is 17.7 Å². The van der Waals surface area contributed by atoms with Crippen LogP contribution in [0.2, 0.25) is 0 Å². The summed E-state index contributed by atoms with van der Waals surface area (Å²) in [5, 5.41) is 3.42. The molecular weight excluding hydrogens is 330 g/mol. The van der Waals surface area contributed by atoms with Crippen LogP contribution in [0.4, 0.5) is 0 Å². The Morgan fingerprint density at radius 2 is 2.04 bits per heavy atom. The molecule has 26 heavy (non-hydrogen) atoms. The van der Waals surface area contributed by atoms with Crippen molar-refractivity contribution in [3.63, 3.8) is 0 Å². The maximum absolute atomic E-state index is 12.1. The Balaban J connectivity index is 1.68. The predicted octanol–water partition coefficient (Wildman–Crippen LogP) is 1.86. The number of ether oxygens (including phenoxy) is 1. The normalized spacial score (nSPS) is 20.0. The van der Waals surface area contributed by atoms with E-state index in [1.54, 1.807) is 10.8 Å². The average molecular weight is 357 g/mol. The van der Waals surface area contributed by atoms with Crippen molar-refractivity contribution in [2.24, 2.45) is 5.41 Å². The van der Waals surface area contributed by atoms with Crippen LogP contribution in [-0.4, -0.2) is 29.3 Å². The number of rotatable bonds is 7. The SMILES string of the molecule is CC(C)n1cc(CNCC2(Cc3ccccc3)CCOC2)c(=O)[nH]c1=O. The van der Waals surface area contributed by atoms with Gasteiger partial charge in [-0.25, -0.2) is 4.79 Å². The predicted molar refractivity (Wildman–Crippen MR) is 101 cm³/mol. The highest BCUT2D eigenvalue weighted by molar-refractivity contribution is 5.17. The van der Waals surface area contributed by atoms with Gasteiger partial charge in [-0.15, -0.1) is 0 Å². The van der Waals surface area contributed by atoms with Gasteiger partial charge in [-0.05, 0) is 32.3 Å². The topological polar surface area (TPSA) is 76.1 Å². The summed E-state index contributed by atoms with van der Waals surface area (Å²) in [6.07, 6.45) is 3.60. The third-order valence-corrected chi connectivity index (χ3v) is 5.02. The molecule has 0 spiro atoms. The largest absolute Gasteiger partial charge is 0.381 e. The maximum Gasteiger partial charge on any atom is 0.328 e. The highest BCUT2D eigenvalue weighted by Gasteiger charge is 2.34. The first kappa shape index (κ1) is 18.6. The van der Waals surface area contributed by atoms with Gasteiger partial charge in [0.1, 0.15) is 0 Å². The summed E-state index contributed by atoms with van der Waals surface area (Å²) in [6.45, 7) is 6.52. The minimum Gasteiger partial charge on any atom is -0.381 e. The summed E-state index contributed by atoms with van der Waals surface area (Å²) in [7, 11) is 0. The molecule has 3 rings (SSSR count). The molecule has 140 valence electrons. The van der Waals surface area contributed by atoms with Gasteiger partial charge in [0.05, 0.1) is 6.61 Å². The lowest BCUT2D eigenvalue weighted by Crippen LogP contribution is -2.39. The summed E-state index contributed by atoms with van der Waals surface area (Å²) in [6, 6.07) is 10.4. The molecule has 1 aromatic carbocycles. The van der Waals surface area contributed by atoms with Gasteiger partial charge in [0.2, 0.25) is 0 Å². The van der Waals surface area contributed by atoms with Crippen LogP contribution in [0.5, 0.6) is 0 Å². The zero-order valence-corrected chi connectivity index (χ0v) is 15.5. The van der Waals surface area contributed by atoms with Gasteiger partial charge in [0.15, 0.2) is 0 Å². The van der Waals surface area contributed by atoms with Crippen molar-refractivity contribution in [1.82, 2.24) is 14.9 Å². The fourth-order valence-corrected chi connectivity index (χ4v) is 3.52. The lowest BCUT2D eigenvalue weighted by Gasteiger charge is -2.28. The quantitative estimate of drug-likeness (QED) is 0.793. The first-order valence-corrected chi connectivity index (χ1v) is 9.16. The first-order valence-electron chi connectivity index (χ1n) is 9.16. The van der Waals surface area contributed by atoms with Crippen molar-refractivity contribution in [1.29, 1.82) is 0 Å². The molecule has 0 bridgehead atoms. The molecule has 6 heteroatoms. The van der Waals surface area contributed by atoms with E-state index in [4.69, 9.17) is 4.74 Å². The average Bonchev–Trinajstić information content (AvgIpc) is 3.06. The Morgan fingerprint density at radius 1 is 1.27 bits per heavy atom. The van der Waals surface area contributed by atoms with E-state index in [1.165, 1.54) is 5.56 Å². The molecule has 2 heterocycles. The number of aromatic amines is 1. The van der Waals surface area contributed by atoms with Gasteiger partial charge in [-0.3, -0.25) is 14.3 Å². The van der Waals surface area contributed by atoms with Crippen molar-refractivity contribution in [2.45, 2.75) is 39.3 Å². The lowest BCUT2D eigenvalue weighted by atomic mass is 9.81. The summed E-state index contributed by atoms with van der Waals surface area (Å²) in [4.78, 5) is 26.3. The van der Waals surface area contributed by atoms with Gasteiger partial charge < -0.3 is 10.1 Å². The van der Waals surface area contributed by atoms with E-state index in [0.717, 1.165) is 32.6 Å². The third-order valence-electron chi connectivity index (χ3n) is 5.02. The summed E-state index contributed by atoms with van der Waals surface area (Å²) >= 11 is 0. The van der Waals surface area contributed by atoms with Crippen molar-refractivity contribution in [3.8, 4) is 0 Å². The third kappa shape index (κ3) is 4.31. The van der Waals surface area contributed by atoms with E-state index in [9.17, 15) is 9.59 Å². The van der Waals surface area contributed by atoms with Crippen molar-refractivity contribution < 1.29 is 4.74 Å². The van der Waals surface area contributed by atoms with E-state index in [0.29, 0.717) is 12.1 Å². The van der Waals surface area contributed by atoms with Crippen molar-refractivity contribution in [2.75, 3.05) is 19.8 Å². The summed E-state index contributed by atoms with van der Waals surface area (Å²) in [5.41, 5.74) is 1.23. The molecule has 1 saturated heterocycles. The van der Waals surface area contributed by atoms with Crippen LogP contribution < -0.4 is 16.6 Å². The molecule has 1 unspecified atom stereocenters. The van der Waals surface area contributed by atoms with Crippen molar-refractivity contribution >= 4 is 0 Å². The van der Waals surface area contributed by atoms with Crippen LogP contribution in [0.15, 0.2) is 46.1 Å². The van der Waals surface area contributed by atoms with Crippen LogP contribution >= 0.6 is 0 Å². The molecule has 0 radical (unpaired) electrons. The minimum absolute atomic E-state index is 0.00533. The van der Waals surface area contributed by atoms with E-state index in [-0.39, 0.29) is 22.7 Å². The van der Waals surface area contributed by atoms with E-state index in [1.807, 2.05) is 19.9 Å². The van der Waals surface area contributed by atoms with E-state index >= 15 is 0 Å². The van der Waals surface area contributed by atoms with Gasteiger partial charge in [0.25, 0.3) is 5.56 Å². The molecule has 1 aliphatic rings. The first-order chi connectivity index (χ1) is 12.5. The molecule has 6 nitrogen and oxygen atoms in total. The van der Waals surface area contributed by atoms with Crippen molar-refractivity contribution in [3.05, 3.63) is 68.5 Å². The van der Waals surface area contributed by atoms with Crippen LogP contribution in [0, 0.1) is 5.41 Å². The van der Waals surface area contributed by atoms with Crippen LogP contribution in [0.3, 0.4) is 0 Å². The number of benzene rings is 1. The Hall–Kier alpha value is -2.18. The fourth-order valence-electron chi connectivity index (χ4n) is 3.52. The highest BCUT2D eigenvalue weighted by Crippen LogP contribution is 2.32. The van der Waals surface area contributed by atoms with Gasteiger partial charge >= 0.3 is 5.69 Å². The van der Waals surface area contributed by atoms with Gasteiger partial charge in [-0.2, -0.15) is 0 Å². The second kappa shape index (κ2) is 8.01. The molecule has 2 aromatic rings. The maximum atomic E-state index is 12.1. The number of nitrogens with one attached hydrogen (secondary N) is 2. The molecule has 1 fully saturated rings. The molecule has 1 aliphatic heterocycles. The van der Waals surface area contributed by atoms with Gasteiger partial charge in [0, 0.05) is 42.9 Å². The number of hydrogen-bond acceptors (Lipinski definition) is 4. The molecule has 0 amide bonds. The Bertz CT molecular complexity index is 833. The summed E-state index contributed by atoms with van der Waals surface area (Å²) < 4.78 is 7.22. The number of H-pyrrole nitrogens is 1. The highest BCUT2D eigenvalue weighted by atomic mass is 16.5. The monoisotopic (exact) mass is 357 g/mol. The Morgan fingerprint density at radius 3 is 2.69 bits per heavy atom. The minimum atomic E-state index is -0.363. The number of nitrogens with zero attached hydrogens (tertiary/aromatic N) is 1. The Kier molecular flexibility index (Phi) is 5.74. The molecule has 0 aliphatic carbocycles. The zero-order valence-electron chi connectivity index (χ0n) is 15.5. The molecule has 1 atom stereocenters.